The van der Waals surface area contributed by atoms with Crippen molar-refractivity contribution in [2.75, 3.05) is 35.5 Å². The fourth-order valence-corrected chi connectivity index (χ4v) is 5.62. The smallest absolute Gasteiger partial charge is 0.339 e. The van der Waals surface area contributed by atoms with E-state index in [-0.39, 0.29) is 56.9 Å². The highest BCUT2D eigenvalue weighted by Gasteiger charge is 2.34. The Labute approximate surface area is 232 Å². The van der Waals surface area contributed by atoms with E-state index in [1.165, 1.54) is 66.0 Å². The largest absolute Gasteiger partial charge is 0.493 e. The van der Waals surface area contributed by atoms with Crippen LogP contribution in [0.3, 0.4) is 0 Å². The van der Waals surface area contributed by atoms with E-state index in [2.05, 4.69) is 4.98 Å². The van der Waals surface area contributed by atoms with Gasteiger partial charge in [0.2, 0.25) is 15.6 Å². The molecule has 0 radical (unpaired) electrons. The number of hydrogen-bond acceptors (Lipinski definition) is 10. The van der Waals surface area contributed by atoms with Crippen molar-refractivity contribution in [1.29, 1.82) is 0 Å². The van der Waals surface area contributed by atoms with Gasteiger partial charge in [-0.15, -0.1) is 0 Å². The number of rotatable bonds is 11. The van der Waals surface area contributed by atoms with Crippen molar-refractivity contribution in [1.82, 2.24) is 4.98 Å². The van der Waals surface area contributed by atoms with E-state index in [4.69, 9.17) is 28.4 Å². The number of benzene rings is 2. The Balaban J connectivity index is 2.57. The summed E-state index contributed by atoms with van der Waals surface area (Å²) in [5, 5.41) is 0. The zero-order valence-corrected chi connectivity index (χ0v) is 24.1. The zero-order valence-electron chi connectivity index (χ0n) is 23.2. The van der Waals surface area contributed by atoms with Crippen LogP contribution in [0, 0.1) is 6.92 Å². The second-order valence-corrected chi connectivity index (χ2v) is 10.3. The number of aromatic amines is 1. The molecule has 0 aliphatic heterocycles. The quantitative estimate of drug-likeness (QED) is 0.263. The predicted molar refractivity (Wildman–Crippen MR) is 146 cm³/mol. The third-order valence-corrected chi connectivity index (χ3v) is 7.71. The second-order valence-electron chi connectivity index (χ2n) is 8.46. The number of nitrogens with one attached hydrogen (secondary N) is 1. The van der Waals surface area contributed by atoms with Crippen molar-refractivity contribution in [2.45, 2.75) is 25.3 Å². The van der Waals surface area contributed by atoms with Crippen LogP contribution < -0.4 is 14.2 Å². The lowest BCUT2D eigenvalue weighted by atomic mass is 10.1. The molecule has 3 aromatic rings. The van der Waals surface area contributed by atoms with Crippen LogP contribution in [0.2, 0.25) is 0 Å². The first kappa shape index (κ1) is 30.3. The summed E-state index contributed by atoms with van der Waals surface area (Å²) in [5.74, 6) is -1.24. The lowest BCUT2D eigenvalue weighted by molar-refractivity contribution is -0.134. The minimum Gasteiger partial charge on any atom is -0.493 e. The summed E-state index contributed by atoms with van der Waals surface area (Å²) in [6.45, 7) is 2.79. The molecule has 0 atom stereocenters. The van der Waals surface area contributed by atoms with Gasteiger partial charge in [-0.3, -0.25) is 4.79 Å². The van der Waals surface area contributed by atoms with Crippen molar-refractivity contribution >= 4 is 32.4 Å². The fraction of sp³-hybridized carbons (Fsp3) is 0.286. The molecule has 0 bridgehead atoms. The minimum absolute atomic E-state index is 0.0344. The number of hydrogen-bond donors (Lipinski definition) is 1. The van der Waals surface area contributed by atoms with Crippen LogP contribution in [0.15, 0.2) is 47.5 Å². The molecule has 0 aliphatic carbocycles. The molecule has 0 amide bonds. The van der Waals surface area contributed by atoms with Crippen molar-refractivity contribution < 1.29 is 46.4 Å². The van der Waals surface area contributed by atoms with E-state index in [1.807, 2.05) is 6.92 Å². The van der Waals surface area contributed by atoms with Gasteiger partial charge in [-0.2, -0.15) is 0 Å². The molecule has 0 spiro atoms. The number of aryl methyl sites for hydroxylation is 1. The summed E-state index contributed by atoms with van der Waals surface area (Å²) < 4.78 is 60.8. The average Bonchev–Trinajstić information content (AvgIpc) is 3.34. The summed E-state index contributed by atoms with van der Waals surface area (Å²) in [4.78, 5) is 27.3. The first-order valence-electron chi connectivity index (χ1n) is 11.9. The van der Waals surface area contributed by atoms with Gasteiger partial charge in [0.15, 0.2) is 17.3 Å². The average molecular weight is 574 g/mol. The van der Waals surface area contributed by atoms with Crippen molar-refractivity contribution in [3.8, 4) is 17.2 Å². The molecule has 12 heteroatoms. The maximum absolute atomic E-state index is 14.4. The molecule has 214 valence electrons. The van der Waals surface area contributed by atoms with E-state index in [1.54, 1.807) is 12.1 Å². The van der Waals surface area contributed by atoms with E-state index >= 15 is 0 Å². The van der Waals surface area contributed by atoms with E-state index in [0.29, 0.717) is 0 Å². The standard InChI is InChI=1S/C28H31NO10S/c1-16-8-10-19(11-9-16)40(32,33)27(24-21(15-34-3)20(14-29-24)28(31)38-7)25(39-17(2)30)18-12-22(35-4)26(37-6)23(13-18)36-5/h8-14,29H,15H2,1-7H3. The lowest BCUT2D eigenvalue weighted by Crippen LogP contribution is -2.13. The zero-order chi connectivity index (χ0) is 29.6. The Morgan fingerprint density at radius 1 is 0.900 bits per heavy atom. The van der Waals surface area contributed by atoms with Crippen LogP contribution >= 0.6 is 0 Å². The molecule has 1 aromatic heterocycles. The van der Waals surface area contributed by atoms with Gasteiger partial charge >= 0.3 is 11.9 Å². The molecule has 0 fully saturated rings. The number of aromatic nitrogens is 1. The Hall–Kier alpha value is -4.29. The maximum Gasteiger partial charge on any atom is 0.339 e. The first-order chi connectivity index (χ1) is 19.0. The van der Waals surface area contributed by atoms with Gasteiger partial charge in [-0.05, 0) is 31.2 Å². The molecule has 1 N–H and O–H groups in total. The van der Waals surface area contributed by atoms with Crippen LogP contribution in [0.4, 0.5) is 0 Å². The van der Waals surface area contributed by atoms with Crippen LogP contribution in [-0.4, -0.2) is 60.9 Å². The SMILES string of the molecule is COCc1c(C(=O)OC)c[nH]c1C(=C(OC(C)=O)c1cc(OC)c(OC)c(OC)c1)S(=O)(=O)c1ccc(C)cc1. The molecule has 11 nitrogen and oxygen atoms in total. The number of methoxy groups -OCH3 is 5. The molecule has 0 aliphatic rings. The maximum atomic E-state index is 14.4. The fourth-order valence-electron chi connectivity index (χ4n) is 4.04. The number of esters is 2. The van der Waals surface area contributed by atoms with Crippen molar-refractivity contribution in [2.24, 2.45) is 0 Å². The molecular formula is C28H31NO10S. The third kappa shape index (κ3) is 5.97. The van der Waals surface area contributed by atoms with E-state index in [0.717, 1.165) is 12.5 Å². The Kier molecular flexibility index (Phi) is 9.61. The highest BCUT2D eigenvalue weighted by atomic mass is 32.2. The predicted octanol–water partition coefficient (Wildman–Crippen LogP) is 4.14. The molecule has 2 aromatic carbocycles. The highest BCUT2D eigenvalue weighted by molar-refractivity contribution is 8.01. The third-order valence-electron chi connectivity index (χ3n) is 5.89. The summed E-state index contributed by atoms with van der Waals surface area (Å²) in [7, 11) is 2.37. The molecule has 0 saturated carbocycles. The number of H-pyrrole nitrogens is 1. The number of ether oxygens (including phenoxy) is 6. The summed E-state index contributed by atoms with van der Waals surface area (Å²) >= 11 is 0. The van der Waals surface area contributed by atoms with Gasteiger partial charge in [-0.1, -0.05) is 17.7 Å². The normalized spacial score (nSPS) is 11.9. The van der Waals surface area contributed by atoms with Crippen LogP contribution in [0.1, 0.15) is 39.7 Å². The second kappa shape index (κ2) is 12.7. The minimum atomic E-state index is -4.43. The van der Waals surface area contributed by atoms with Gasteiger partial charge in [0.05, 0.1) is 51.2 Å². The van der Waals surface area contributed by atoms with E-state index < -0.39 is 26.7 Å². The van der Waals surface area contributed by atoms with Gasteiger partial charge in [0.25, 0.3) is 0 Å². The molecule has 0 unspecified atom stereocenters. The summed E-state index contributed by atoms with van der Waals surface area (Å²) in [6, 6.07) is 9.05. The van der Waals surface area contributed by atoms with Gasteiger partial charge in [-0.25, -0.2) is 13.2 Å². The van der Waals surface area contributed by atoms with Crippen LogP contribution in [-0.2, 0) is 35.4 Å². The topological polar surface area (TPSA) is 139 Å². The van der Waals surface area contributed by atoms with E-state index in [9.17, 15) is 18.0 Å². The highest BCUT2D eigenvalue weighted by Crippen LogP contribution is 2.44. The number of sulfone groups is 1. The molecular weight excluding hydrogens is 542 g/mol. The lowest BCUT2D eigenvalue weighted by Gasteiger charge is -2.19. The van der Waals surface area contributed by atoms with Crippen molar-refractivity contribution in [3.63, 3.8) is 0 Å². The van der Waals surface area contributed by atoms with Gasteiger partial charge < -0.3 is 33.4 Å². The van der Waals surface area contributed by atoms with Crippen molar-refractivity contribution in [3.05, 3.63) is 70.5 Å². The molecule has 0 saturated heterocycles. The summed E-state index contributed by atoms with van der Waals surface area (Å²) in [6.07, 6.45) is 1.31. The molecule has 1 heterocycles. The summed E-state index contributed by atoms with van der Waals surface area (Å²) in [5.41, 5.74) is 1.14. The Morgan fingerprint density at radius 3 is 1.98 bits per heavy atom. The Bertz CT molecular complexity index is 1510. The molecule has 40 heavy (non-hydrogen) atoms. The molecule has 3 rings (SSSR count). The number of carbonyl (C=O) groups excluding carboxylic acids is 2. The van der Waals surface area contributed by atoms with Crippen LogP contribution in [0.5, 0.6) is 17.2 Å². The van der Waals surface area contributed by atoms with Gasteiger partial charge in [0.1, 0.15) is 4.91 Å². The monoisotopic (exact) mass is 573 g/mol. The number of carbonyl (C=O) groups is 2. The van der Waals surface area contributed by atoms with Crippen LogP contribution in [0.25, 0.3) is 10.7 Å². The van der Waals surface area contributed by atoms with Gasteiger partial charge in [0, 0.05) is 31.4 Å². The Morgan fingerprint density at radius 2 is 1.50 bits per heavy atom. The first-order valence-corrected chi connectivity index (χ1v) is 13.3.